The van der Waals surface area contributed by atoms with Crippen LogP contribution in [-0.4, -0.2) is 51.1 Å². The first-order valence-electron chi connectivity index (χ1n) is 11.9. The van der Waals surface area contributed by atoms with Crippen LogP contribution >= 0.6 is 11.3 Å². The van der Waals surface area contributed by atoms with Gasteiger partial charge in [0.1, 0.15) is 0 Å². The average molecular weight is 520 g/mol. The smallest absolute Gasteiger partial charge is 0.352 e. The molecule has 1 aliphatic heterocycles. The minimum Gasteiger partial charge on any atom is -0.352 e. The number of amides is 2. The van der Waals surface area contributed by atoms with Crippen molar-refractivity contribution < 1.29 is 22.8 Å². The number of rotatable bonds is 7. The summed E-state index contributed by atoms with van der Waals surface area (Å²) in [7, 11) is 0. The first kappa shape index (κ1) is 25.9. The third kappa shape index (κ3) is 5.95. The summed E-state index contributed by atoms with van der Waals surface area (Å²) in [5.74, 6) is -0.515. The number of thiazole rings is 1. The van der Waals surface area contributed by atoms with Crippen LogP contribution in [0.25, 0.3) is 5.69 Å². The normalized spacial score (nSPS) is 14.8. The van der Waals surface area contributed by atoms with Gasteiger partial charge in [-0.3, -0.25) is 9.59 Å². The lowest BCUT2D eigenvalue weighted by atomic mass is 9.97. The molecule has 0 bridgehead atoms. The SMILES string of the molecule is Cc1nc(C2CCN(C(=O)CCCNC(=O)c3cn(-c4ccccc4)nc3C(F)(F)F)CC2)sc1C. The van der Waals surface area contributed by atoms with Gasteiger partial charge in [0.05, 0.1) is 22.0 Å². The zero-order chi connectivity index (χ0) is 25.9. The van der Waals surface area contributed by atoms with Gasteiger partial charge in [0.25, 0.3) is 5.91 Å². The fourth-order valence-electron chi connectivity index (χ4n) is 4.21. The quantitative estimate of drug-likeness (QED) is 0.451. The summed E-state index contributed by atoms with van der Waals surface area (Å²) in [6.45, 7) is 5.47. The topological polar surface area (TPSA) is 80.1 Å². The Labute approximate surface area is 211 Å². The zero-order valence-electron chi connectivity index (χ0n) is 20.1. The fourth-order valence-corrected chi connectivity index (χ4v) is 5.30. The van der Waals surface area contributed by atoms with E-state index in [2.05, 4.69) is 22.3 Å². The molecule has 0 aliphatic carbocycles. The Morgan fingerprint density at radius 2 is 1.83 bits per heavy atom. The standard InChI is InChI=1S/C25H28F3N5O2S/c1-16-17(2)36-24(30-16)18-10-13-32(14-11-18)21(34)9-6-12-29-23(35)20-15-33(19-7-4-3-5-8-19)31-22(20)25(26,27)28/h3-5,7-8,15,18H,6,9-14H2,1-2H3,(H,29,35). The van der Waals surface area contributed by atoms with Crippen LogP contribution in [0.5, 0.6) is 0 Å². The van der Waals surface area contributed by atoms with Gasteiger partial charge in [0, 0.05) is 43.0 Å². The molecule has 0 spiro atoms. The average Bonchev–Trinajstić information content (AvgIpc) is 3.46. The first-order valence-corrected chi connectivity index (χ1v) is 12.7. The zero-order valence-corrected chi connectivity index (χ0v) is 21.0. The third-order valence-corrected chi connectivity index (χ3v) is 7.58. The number of hydrogen-bond donors (Lipinski definition) is 1. The van der Waals surface area contributed by atoms with Gasteiger partial charge < -0.3 is 10.2 Å². The van der Waals surface area contributed by atoms with Crippen LogP contribution in [0.2, 0.25) is 0 Å². The van der Waals surface area contributed by atoms with Gasteiger partial charge in [-0.15, -0.1) is 11.3 Å². The predicted molar refractivity (Wildman–Crippen MR) is 130 cm³/mol. The Kier molecular flexibility index (Phi) is 7.77. The number of piperidine rings is 1. The monoisotopic (exact) mass is 519 g/mol. The lowest BCUT2D eigenvalue weighted by Gasteiger charge is -2.31. The summed E-state index contributed by atoms with van der Waals surface area (Å²) in [6, 6.07) is 8.27. The van der Waals surface area contributed by atoms with Gasteiger partial charge in [-0.05, 0) is 45.2 Å². The van der Waals surface area contributed by atoms with Gasteiger partial charge in [-0.25, -0.2) is 9.67 Å². The molecule has 36 heavy (non-hydrogen) atoms. The number of aromatic nitrogens is 3. The van der Waals surface area contributed by atoms with Crippen LogP contribution < -0.4 is 5.32 Å². The Balaban J connectivity index is 1.27. The molecule has 0 atom stereocenters. The molecule has 11 heteroatoms. The lowest BCUT2D eigenvalue weighted by molar-refractivity contribution is -0.141. The van der Waals surface area contributed by atoms with E-state index >= 15 is 0 Å². The van der Waals surface area contributed by atoms with E-state index in [4.69, 9.17) is 0 Å². The number of aryl methyl sites for hydroxylation is 2. The van der Waals surface area contributed by atoms with Crippen LogP contribution in [0.1, 0.15) is 63.2 Å². The maximum atomic E-state index is 13.5. The number of nitrogens with one attached hydrogen (secondary N) is 1. The number of hydrogen-bond acceptors (Lipinski definition) is 5. The van der Waals surface area contributed by atoms with E-state index in [9.17, 15) is 22.8 Å². The van der Waals surface area contributed by atoms with Crippen molar-refractivity contribution in [2.45, 2.75) is 51.6 Å². The summed E-state index contributed by atoms with van der Waals surface area (Å²) < 4.78 is 41.5. The van der Waals surface area contributed by atoms with Crippen LogP contribution in [-0.2, 0) is 11.0 Å². The van der Waals surface area contributed by atoms with Crippen molar-refractivity contribution in [2.75, 3.05) is 19.6 Å². The minimum atomic E-state index is -4.77. The number of carbonyl (C=O) groups is 2. The molecule has 1 saturated heterocycles. The second kappa shape index (κ2) is 10.8. The highest BCUT2D eigenvalue weighted by Crippen LogP contribution is 2.33. The van der Waals surface area contributed by atoms with Gasteiger partial charge in [0.15, 0.2) is 5.69 Å². The van der Waals surface area contributed by atoms with E-state index < -0.39 is 23.3 Å². The molecule has 1 N–H and O–H groups in total. The molecular weight excluding hydrogens is 491 g/mol. The maximum Gasteiger partial charge on any atom is 0.435 e. The van der Waals surface area contributed by atoms with E-state index in [1.54, 1.807) is 41.7 Å². The predicted octanol–water partition coefficient (Wildman–Crippen LogP) is 4.88. The van der Waals surface area contributed by atoms with Crippen molar-refractivity contribution in [1.82, 2.24) is 25.0 Å². The summed E-state index contributed by atoms with van der Waals surface area (Å²) in [4.78, 5) is 32.8. The van der Waals surface area contributed by atoms with Gasteiger partial charge in [-0.1, -0.05) is 18.2 Å². The summed E-state index contributed by atoms with van der Waals surface area (Å²) >= 11 is 1.72. The highest BCUT2D eigenvalue weighted by molar-refractivity contribution is 7.11. The van der Waals surface area contributed by atoms with Crippen molar-refractivity contribution in [1.29, 1.82) is 0 Å². The Bertz CT molecular complexity index is 1190. The third-order valence-electron chi connectivity index (χ3n) is 6.34. The summed E-state index contributed by atoms with van der Waals surface area (Å²) in [5, 5.41) is 7.22. The molecule has 0 radical (unpaired) electrons. The number of halogens is 3. The van der Waals surface area contributed by atoms with Crippen molar-refractivity contribution in [3.05, 3.63) is 63.4 Å². The number of likely N-dealkylation sites (tertiary alicyclic amines) is 1. The van der Waals surface area contributed by atoms with Gasteiger partial charge in [0.2, 0.25) is 5.91 Å². The molecule has 1 aromatic carbocycles. The van der Waals surface area contributed by atoms with Crippen molar-refractivity contribution in [3.8, 4) is 5.69 Å². The molecule has 0 unspecified atom stereocenters. The molecule has 1 fully saturated rings. The Morgan fingerprint density at radius 1 is 1.14 bits per heavy atom. The van der Waals surface area contributed by atoms with E-state index in [-0.39, 0.29) is 18.9 Å². The molecule has 4 rings (SSSR count). The second-order valence-corrected chi connectivity index (χ2v) is 10.1. The van der Waals surface area contributed by atoms with Crippen LogP contribution in [0.3, 0.4) is 0 Å². The van der Waals surface area contributed by atoms with Crippen molar-refractivity contribution >= 4 is 23.2 Å². The number of carbonyl (C=O) groups excluding carboxylic acids is 2. The van der Waals surface area contributed by atoms with Crippen LogP contribution in [0, 0.1) is 13.8 Å². The number of alkyl halides is 3. The maximum absolute atomic E-state index is 13.5. The van der Waals surface area contributed by atoms with Crippen molar-refractivity contribution in [2.24, 2.45) is 0 Å². The highest BCUT2D eigenvalue weighted by atomic mass is 32.1. The van der Waals surface area contributed by atoms with Crippen molar-refractivity contribution in [3.63, 3.8) is 0 Å². The van der Waals surface area contributed by atoms with E-state index in [1.807, 2.05) is 11.8 Å². The van der Waals surface area contributed by atoms with Crippen LogP contribution in [0.4, 0.5) is 13.2 Å². The van der Waals surface area contributed by atoms with E-state index in [0.717, 1.165) is 34.4 Å². The van der Waals surface area contributed by atoms with Gasteiger partial charge >= 0.3 is 6.18 Å². The molecule has 2 amide bonds. The molecule has 0 saturated carbocycles. The summed E-state index contributed by atoms with van der Waals surface area (Å²) in [6.07, 6.45) is -1.42. The Hall–Kier alpha value is -3.21. The largest absolute Gasteiger partial charge is 0.435 e. The lowest BCUT2D eigenvalue weighted by Crippen LogP contribution is -2.38. The molecular formula is C25H28F3N5O2S. The number of benzene rings is 1. The van der Waals surface area contributed by atoms with Crippen LogP contribution in [0.15, 0.2) is 36.5 Å². The second-order valence-electron chi connectivity index (χ2n) is 8.88. The van der Waals surface area contributed by atoms with E-state index in [0.29, 0.717) is 31.1 Å². The van der Waals surface area contributed by atoms with Gasteiger partial charge in [-0.2, -0.15) is 18.3 Å². The number of para-hydroxylation sites is 1. The molecule has 1 aliphatic rings. The highest BCUT2D eigenvalue weighted by Gasteiger charge is 2.39. The first-order chi connectivity index (χ1) is 17.1. The molecule has 3 aromatic rings. The fraction of sp³-hybridized carbons (Fsp3) is 0.440. The number of nitrogens with zero attached hydrogens (tertiary/aromatic N) is 4. The molecule has 3 heterocycles. The molecule has 192 valence electrons. The summed E-state index contributed by atoms with van der Waals surface area (Å²) in [5.41, 5.74) is -0.317. The van der Waals surface area contributed by atoms with E-state index in [1.165, 1.54) is 4.88 Å². The minimum absolute atomic E-state index is 0.0120. The molecule has 7 nitrogen and oxygen atoms in total. The Morgan fingerprint density at radius 3 is 2.44 bits per heavy atom. The molecule has 2 aromatic heterocycles.